The van der Waals surface area contributed by atoms with Crippen LogP contribution in [0.1, 0.15) is 15.3 Å². The number of pyridine rings is 1. The molecule has 0 atom stereocenters. The topological polar surface area (TPSA) is 58.5 Å². The molecule has 148 valence electrons. The van der Waals surface area contributed by atoms with Crippen LogP contribution in [0.3, 0.4) is 0 Å². The Kier molecular flexibility index (Phi) is 8.65. The smallest absolute Gasteiger partial charge is 0.224 e. The van der Waals surface area contributed by atoms with Gasteiger partial charge in [-0.3, -0.25) is 4.99 Å². The molecule has 0 amide bonds. The summed E-state index contributed by atoms with van der Waals surface area (Å²) in [5.74, 6) is 1.17. The summed E-state index contributed by atoms with van der Waals surface area (Å²) >= 11 is 1.75. The molecule has 0 fully saturated rings. The maximum absolute atomic E-state index is 13.4. The first-order valence-corrected chi connectivity index (χ1v) is 9.33. The molecule has 0 aliphatic carbocycles. The van der Waals surface area contributed by atoms with Crippen LogP contribution in [0.15, 0.2) is 59.7 Å². The summed E-state index contributed by atoms with van der Waals surface area (Å²) in [7, 11) is 1.72. The number of benzene rings is 1. The molecule has 2 aromatic heterocycles. The summed E-state index contributed by atoms with van der Waals surface area (Å²) in [5.41, 5.74) is 0.844. The minimum Gasteiger partial charge on any atom is -0.439 e. The third-order valence-corrected chi connectivity index (χ3v) is 4.76. The van der Waals surface area contributed by atoms with Gasteiger partial charge in [0.25, 0.3) is 0 Å². The van der Waals surface area contributed by atoms with Gasteiger partial charge in [0.2, 0.25) is 5.88 Å². The van der Waals surface area contributed by atoms with E-state index in [-0.39, 0.29) is 29.8 Å². The van der Waals surface area contributed by atoms with E-state index in [0.717, 1.165) is 5.56 Å². The van der Waals surface area contributed by atoms with Gasteiger partial charge in [0.15, 0.2) is 5.96 Å². The average molecular weight is 512 g/mol. The summed E-state index contributed by atoms with van der Waals surface area (Å²) in [6, 6.07) is 13.9. The zero-order valence-electron chi connectivity index (χ0n) is 15.6. The number of nitrogens with one attached hydrogen (secondary N) is 2. The van der Waals surface area contributed by atoms with Gasteiger partial charge in [-0.15, -0.1) is 35.3 Å². The van der Waals surface area contributed by atoms with Crippen molar-refractivity contribution >= 4 is 41.3 Å². The summed E-state index contributed by atoms with van der Waals surface area (Å²) in [6.07, 6.45) is 1.64. The normalized spacial score (nSPS) is 10.9. The Morgan fingerprint density at radius 2 is 1.96 bits per heavy atom. The Labute approximate surface area is 185 Å². The van der Waals surface area contributed by atoms with Gasteiger partial charge in [-0.2, -0.15) is 0 Å². The quantitative estimate of drug-likeness (QED) is 0.281. The number of aliphatic imine (C=N–C) groups is 1. The molecular weight excluding hydrogens is 490 g/mol. The molecule has 0 aliphatic heterocycles. The SMILES string of the molecule is CN=C(NCc1ccc(C)s1)NCc1cccnc1Oc1cccc(F)c1.I. The molecule has 0 bridgehead atoms. The molecule has 5 nitrogen and oxygen atoms in total. The fourth-order valence-electron chi connectivity index (χ4n) is 2.44. The highest BCUT2D eigenvalue weighted by atomic mass is 127. The minimum absolute atomic E-state index is 0. The fraction of sp³-hybridized carbons (Fsp3) is 0.200. The van der Waals surface area contributed by atoms with Crippen LogP contribution in [0.2, 0.25) is 0 Å². The summed E-state index contributed by atoms with van der Waals surface area (Å²) in [5, 5.41) is 6.53. The first-order valence-electron chi connectivity index (χ1n) is 8.51. The van der Waals surface area contributed by atoms with Crippen LogP contribution < -0.4 is 15.4 Å². The maximum Gasteiger partial charge on any atom is 0.224 e. The lowest BCUT2D eigenvalue weighted by atomic mass is 10.2. The van der Waals surface area contributed by atoms with Crippen LogP contribution in [-0.4, -0.2) is 18.0 Å². The van der Waals surface area contributed by atoms with Crippen LogP contribution in [0, 0.1) is 12.7 Å². The van der Waals surface area contributed by atoms with Crippen molar-refractivity contribution in [3.8, 4) is 11.6 Å². The predicted octanol–water partition coefficient (Wildman–Crippen LogP) is 4.87. The van der Waals surface area contributed by atoms with E-state index in [2.05, 4.69) is 39.7 Å². The first kappa shape index (κ1) is 22.1. The van der Waals surface area contributed by atoms with Gasteiger partial charge in [0, 0.05) is 41.2 Å². The number of guanidine groups is 1. The van der Waals surface area contributed by atoms with Crippen molar-refractivity contribution in [2.24, 2.45) is 4.99 Å². The van der Waals surface area contributed by atoms with Crippen molar-refractivity contribution < 1.29 is 9.13 Å². The Bertz CT molecular complexity index is 932. The molecule has 0 aliphatic rings. The molecule has 3 rings (SSSR count). The Hall–Kier alpha value is -2.20. The van der Waals surface area contributed by atoms with Gasteiger partial charge in [0.1, 0.15) is 11.6 Å². The number of thiophene rings is 1. The van der Waals surface area contributed by atoms with E-state index >= 15 is 0 Å². The van der Waals surface area contributed by atoms with Crippen LogP contribution in [-0.2, 0) is 13.1 Å². The van der Waals surface area contributed by atoms with Crippen LogP contribution in [0.4, 0.5) is 4.39 Å². The number of ether oxygens (including phenoxy) is 1. The van der Waals surface area contributed by atoms with Gasteiger partial charge in [-0.05, 0) is 37.3 Å². The number of aromatic nitrogens is 1. The van der Waals surface area contributed by atoms with Crippen molar-refractivity contribution in [2.75, 3.05) is 7.05 Å². The van der Waals surface area contributed by atoms with E-state index in [1.807, 2.05) is 12.1 Å². The lowest BCUT2D eigenvalue weighted by Crippen LogP contribution is -2.36. The van der Waals surface area contributed by atoms with Crippen molar-refractivity contribution in [1.29, 1.82) is 0 Å². The minimum atomic E-state index is -0.350. The van der Waals surface area contributed by atoms with E-state index in [1.54, 1.807) is 36.7 Å². The number of hydrogen-bond donors (Lipinski definition) is 2. The average Bonchev–Trinajstić information content (AvgIpc) is 3.08. The molecule has 0 spiro atoms. The molecule has 0 saturated carbocycles. The van der Waals surface area contributed by atoms with Gasteiger partial charge in [0.05, 0.1) is 6.54 Å². The van der Waals surface area contributed by atoms with Crippen molar-refractivity contribution in [3.63, 3.8) is 0 Å². The molecule has 28 heavy (non-hydrogen) atoms. The fourth-order valence-corrected chi connectivity index (χ4v) is 3.27. The van der Waals surface area contributed by atoms with Crippen LogP contribution >= 0.6 is 35.3 Å². The lowest BCUT2D eigenvalue weighted by molar-refractivity contribution is 0.450. The second-order valence-corrected chi connectivity index (χ2v) is 7.19. The molecule has 0 saturated heterocycles. The van der Waals surface area contributed by atoms with E-state index < -0.39 is 0 Å². The van der Waals surface area contributed by atoms with Gasteiger partial charge < -0.3 is 15.4 Å². The number of nitrogens with zero attached hydrogens (tertiary/aromatic N) is 2. The molecule has 1 aromatic carbocycles. The van der Waals surface area contributed by atoms with E-state index in [9.17, 15) is 4.39 Å². The number of hydrogen-bond acceptors (Lipinski definition) is 4. The van der Waals surface area contributed by atoms with Gasteiger partial charge >= 0.3 is 0 Å². The molecule has 2 N–H and O–H groups in total. The van der Waals surface area contributed by atoms with Gasteiger partial charge in [-0.1, -0.05) is 12.1 Å². The second-order valence-electron chi connectivity index (χ2n) is 5.82. The second kappa shape index (κ2) is 11.0. The largest absolute Gasteiger partial charge is 0.439 e. The molecule has 8 heteroatoms. The Balaban J connectivity index is 0.00000280. The molecule has 0 unspecified atom stereocenters. The van der Waals surface area contributed by atoms with Crippen molar-refractivity contribution in [2.45, 2.75) is 20.0 Å². The van der Waals surface area contributed by atoms with Crippen LogP contribution in [0.25, 0.3) is 0 Å². The number of rotatable bonds is 6. The molecular formula is C20H22FIN4OS. The monoisotopic (exact) mass is 512 g/mol. The van der Waals surface area contributed by atoms with E-state index in [0.29, 0.717) is 30.7 Å². The lowest BCUT2D eigenvalue weighted by Gasteiger charge is -2.13. The number of aryl methyl sites for hydroxylation is 1. The first-order chi connectivity index (χ1) is 13.1. The maximum atomic E-state index is 13.4. The van der Waals surface area contributed by atoms with E-state index in [4.69, 9.17) is 4.74 Å². The van der Waals surface area contributed by atoms with Crippen molar-refractivity contribution in [3.05, 3.63) is 75.9 Å². The van der Waals surface area contributed by atoms with Crippen molar-refractivity contribution in [1.82, 2.24) is 15.6 Å². The molecule has 3 aromatic rings. The summed E-state index contributed by atoms with van der Waals surface area (Å²) in [6.45, 7) is 3.27. The molecule has 0 radical (unpaired) electrons. The third-order valence-electron chi connectivity index (χ3n) is 3.76. The highest BCUT2D eigenvalue weighted by Gasteiger charge is 2.08. The Morgan fingerprint density at radius 1 is 1.14 bits per heavy atom. The Morgan fingerprint density at radius 3 is 2.68 bits per heavy atom. The number of halogens is 2. The zero-order valence-corrected chi connectivity index (χ0v) is 18.8. The highest BCUT2D eigenvalue weighted by Crippen LogP contribution is 2.23. The predicted molar refractivity (Wildman–Crippen MR) is 122 cm³/mol. The van der Waals surface area contributed by atoms with Crippen LogP contribution in [0.5, 0.6) is 11.6 Å². The highest BCUT2D eigenvalue weighted by molar-refractivity contribution is 14.0. The zero-order chi connectivity index (χ0) is 19.1. The van der Waals surface area contributed by atoms with E-state index in [1.165, 1.54) is 21.9 Å². The third kappa shape index (κ3) is 6.45. The summed E-state index contributed by atoms with van der Waals surface area (Å²) in [4.78, 5) is 11.0. The van der Waals surface area contributed by atoms with Gasteiger partial charge in [-0.25, -0.2) is 9.37 Å². The standard InChI is InChI=1S/C20H21FN4OS.HI/c1-14-8-9-18(27-14)13-25-20(22-2)24-12-15-5-4-10-23-19(15)26-17-7-3-6-16(21)11-17;/h3-11H,12-13H2,1-2H3,(H2,22,24,25);1H. The molecule has 2 heterocycles. The summed E-state index contributed by atoms with van der Waals surface area (Å²) < 4.78 is 19.1.